The van der Waals surface area contributed by atoms with Gasteiger partial charge in [-0.2, -0.15) is 0 Å². The van der Waals surface area contributed by atoms with Gasteiger partial charge in [-0.05, 0) is 30.5 Å². The Labute approximate surface area is 93.2 Å². The second kappa shape index (κ2) is 5.16. The van der Waals surface area contributed by atoms with Crippen LogP contribution in [0.5, 0.6) is 0 Å². The van der Waals surface area contributed by atoms with E-state index in [4.69, 9.17) is 16.4 Å². The van der Waals surface area contributed by atoms with Gasteiger partial charge in [-0.25, -0.2) is 8.42 Å². The Hall–Kier alpha value is -1.04. The van der Waals surface area contributed by atoms with Gasteiger partial charge < -0.3 is 11.1 Å². The topological polar surface area (TPSA) is 72.2 Å². The van der Waals surface area contributed by atoms with E-state index in [9.17, 15) is 8.42 Å². The molecule has 0 unspecified atom stereocenters. The van der Waals surface area contributed by atoms with Gasteiger partial charge in [0.1, 0.15) is 0 Å². The van der Waals surface area contributed by atoms with E-state index >= 15 is 0 Å². The van der Waals surface area contributed by atoms with E-state index in [1.54, 1.807) is 24.4 Å². The minimum absolute atomic E-state index is 0.0810. The Kier molecular flexibility index (Phi) is 4.14. The largest absolute Gasteiger partial charge is 0.362 e. The molecule has 15 heavy (non-hydrogen) atoms. The summed E-state index contributed by atoms with van der Waals surface area (Å²) in [5, 5.41) is 2.93. The fourth-order valence-corrected chi connectivity index (χ4v) is 1.71. The summed E-state index contributed by atoms with van der Waals surface area (Å²) in [6.45, 7) is 0.446. The van der Waals surface area contributed by atoms with E-state index in [1.165, 1.54) is 12.1 Å². The summed E-state index contributed by atoms with van der Waals surface area (Å²) in [4.78, 5) is 0.0810. The van der Waals surface area contributed by atoms with Crippen LogP contribution in [0, 0.1) is 0 Å². The summed E-state index contributed by atoms with van der Waals surface area (Å²) in [6.07, 6.45) is 3.43. The first kappa shape index (κ1) is 12.0. The SMILES string of the molecule is NC/C=C\Nc1ccc(S(=O)(=O)Cl)cc1. The molecule has 82 valence electrons. The van der Waals surface area contributed by atoms with E-state index in [2.05, 4.69) is 5.32 Å². The number of rotatable bonds is 4. The minimum atomic E-state index is -3.64. The van der Waals surface area contributed by atoms with Crippen molar-refractivity contribution in [2.75, 3.05) is 11.9 Å². The molecular weight excluding hydrogens is 236 g/mol. The van der Waals surface area contributed by atoms with Crippen LogP contribution in [0.15, 0.2) is 41.4 Å². The van der Waals surface area contributed by atoms with Crippen LogP contribution in [0.2, 0.25) is 0 Å². The van der Waals surface area contributed by atoms with Crippen LogP contribution in [0.25, 0.3) is 0 Å². The Morgan fingerprint density at radius 2 is 1.93 bits per heavy atom. The zero-order valence-electron chi connectivity index (χ0n) is 7.85. The summed E-state index contributed by atoms with van der Waals surface area (Å²) in [5.41, 5.74) is 6.02. The summed E-state index contributed by atoms with van der Waals surface area (Å²) >= 11 is 0. The van der Waals surface area contributed by atoms with Crippen molar-refractivity contribution in [3.05, 3.63) is 36.5 Å². The maximum Gasteiger partial charge on any atom is 0.261 e. The van der Waals surface area contributed by atoms with Gasteiger partial charge >= 0.3 is 0 Å². The minimum Gasteiger partial charge on any atom is -0.362 e. The molecule has 0 saturated heterocycles. The van der Waals surface area contributed by atoms with Crippen LogP contribution >= 0.6 is 10.7 Å². The second-order valence-corrected chi connectivity index (χ2v) is 5.31. The van der Waals surface area contributed by atoms with E-state index in [1.807, 2.05) is 0 Å². The predicted molar refractivity (Wildman–Crippen MR) is 61.3 cm³/mol. The smallest absolute Gasteiger partial charge is 0.261 e. The number of hydrogen-bond acceptors (Lipinski definition) is 4. The van der Waals surface area contributed by atoms with Crippen LogP contribution in [0.3, 0.4) is 0 Å². The van der Waals surface area contributed by atoms with Crippen LogP contribution in [0.4, 0.5) is 5.69 Å². The molecule has 0 heterocycles. The summed E-state index contributed by atoms with van der Waals surface area (Å²) in [5.74, 6) is 0. The van der Waals surface area contributed by atoms with E-state index in [0.717, 1.165) is 5.69 Å². The average Bonchev–Trinajstić information content (AvgIpc) is 2.18. The van der Waals surface area contributed by atoms with Crippen molar-refractivity contribution in [1.29, 1.82) is 0 Å². The fourth-order valence-electron chi connectivity index (χ4n) is 0.937. The number of hydrogen-bond donors (Lipinski definition) is 2. The van der Waals surface area contributed by atoms with Crippen LogP contribution in [-0.2, 0) is 9.05 Å². The lowest BCUT2D eigenvalue weighted by molar-refractivity contribution is 0.609. The maximum absolute atomic E-state index is 10.9. The number of halogens is 1. The fraction of sp³-hybridized carbons (Fsp3) is 0.111. The first-order valence-electron chi connectivity index (χ1n) is 4.20. The quantitative estimate of drug-likeness (QED) is 0.790. The average molecular weight is 247 g/mol. The maximum atomic E-state index is 10.9. The Bertz CT molecular complexity index is 440. The standard InChI is InChI=1S/C9H11ClN2O2S/c10-15(13,14)9-4-2-8(3-5-9)12-7-1-6-11/h1-5,7,12H,6,11H2/b7-1-. The van der Waals surface area contributed by atoms with Gasteiger partial charge in [0, 0.05) is 22.9 Å². The predicted octanol–water partition coefficient (Wildman–Crippen LogP) is 1.50. The van der Waals surface area contributed by atoms with E-state index < -0.39 is 9.05 Å². The third kappa shape index (κ3) is 3.91. The molecule has 0 aliphatic heterocycles. The van der Waals surface area contributed by atoms with E-state index in [0.29, 0.717) is 6.54 Å². The van der Waals surface area contributed by atoms with Gasteiger partial charge in [-0.1, -0.05) is 6.08 Å². The first-order valence-corrected chi connectivity index (χ1v) is 6.51. The molecule has 1 rings (SSSR count). The molecule has 4 nitrogen and oxygen atoms in total. The summed E-state index contributed by atoms with van der Waals surface area (Å²) < 4.78 is 21.8. The molecule has 6 heteroatoms. The summed E-state index contributed by atoms with van der Waals surface area (Å²) in [7, 11) is 1.52. The molecule has 1 aromatic carbocycles. The highest BCUT2D eigenvalue weighted by Crippen LogP contribution is 2.17. The third-order valence-electron chi connectivity index (χ3n) is 1.64. The summed E-state index contributed by atoms with van der Waals surface area (Å²) in [6, 6.07) is 6.11. The molecule has 3 N–H and O–H groups in total. The number of benzene rings is 1. The molecular formula is C9H11ClN2O2S. The molecule has 0 saturated carbocycles. The molecule has 0 amide bonds. The zero-order chi connectivity index (χ0) is 11.3. The molecule has 0 fully saturated rings. The molecule has 1 aromatic rings. The van der Waals surface area contributed by atoms with Gasteiger partial charge in [-0.3, -0.25) is 0 Å². The van der Waals surface area contributed by atoms with Crippen molar-refractivity contribution in [1.82, 2.24) is 0 Å². The number of nitrogens with one attached hydrogen (secondary N) is 1. The van der Waals surface area contributed by atoms with Gasteiger partial charge in [0.15, 0.2) is 0 Å². The molecule has 0 aliphatic carbocycles. The molecule has 0 spiro atoms. The lowest BCUT2D eigenvalue weighted by atomic mass is 10.3. The van der Waals surface area contributed by atoms with Crippen molar-refractivity contribution in [2.24, 2.45) is 5.73 Å². The van der Waals surface area contributed by atoms with Crippen molar-refractivity contribution in [3.8, 4) is 0 Å². The number of anilines is 1. The highest BCUT2D eigenvalue weighted by atomic mass is 35.7. The molecule has 0 aromatic heterocycles. The van der Waals surface area contributed by atoms with Crippen LogP contribution in [-0.4, -0.2) is 15.0 Å². The highest BCUT2D eigenvalue weighted by molar-refractivity contribution is 8.13. The highest BCUT2D eigenvalue weighted by Gasteiger charge is 2.08. The second-order valence-electron chi connectivity index (χ2n) is 2.74. The monoisotopic (exact) mass is 246 g/mol. The van der Waals surface area contributed by atoms with Crippen LogP contribution in [0.1, 0.15) is 0 Å². The van der Waals surface area contributed by atoms with Gasteiger partial charge in [0.25, 0.3) is 9.05 Å². The Balaban J connectivity index is 2.77. The van der Waals surface area contributed by atoms with Crippen molar-refractivity contribution in [3.63, 3.8) is 0 Å². The lowest BCUT2D eigenvalue weighted by Crippen LogP contribution is -1.95. The number of nitrogens with two attached hydrogens (primary N) is 1. The Morgan fingerprint density at radius 3 is 2.40 bits per heavy atom. The Morgan fingerprint density at radius 1 is 1.33 bits per heavy atom. The molecule has 0 atom stereocenters. The molecule has 0 bridgehead atoms. The first-order chi connectivity index (χ1) is 7.04. The van der Waals surface area contributed by atoms with E-state index in [-0.39, 0.29) is 4.90 Å². The van der Waals surface area contributed by atoms with Crippen LogP contribution < -0.4 is 11.1 Å². The molecule has 0 radical (unpaired) electrons. The van der Waals surface area contributed by atoms with Crippen molar-refractivity contribution < 1.29 is 8.42 Å². The van der Waals surface area contributed by atoms with Gasteiger partial charge in [0.05, 0.1) is 4.90 Å². The lowest BCUT2D eigenvalue weighted by Gasteiger charge is -2.01. The third-order valence-corrected chi connectivity index (χ3v) is 3.01. The molecule has 0 aliphatic rings. The van der Waals surface area contributed by atoms with Crippen molar-refractivity contribution >= 4 is 25.4 Å². The normalized spacial score (nSPS) is 11.9. The zero-order valence-corrected chi connectivity index (χ0v) is 9.42. The van der Waals surface area contributed by atoms with Gasteiger partial charge in [-0.15, -0.1) is 0 Å². The van der Waals surface area contributed by atoms with Gasteiger partial charge in [0.2, 0.25) is 0 Å². The van der Waals surface area contributed by atoms with Crippen molar-refractivity contribution in [2.45, 2.75) is 4.90 Å².